The minimum Gasteiger partial charge on any atom is -0.481 e. The van der Waals surface area contributed by atoms with Gasteiger partial charge in [-0.05, 0) is 56.4 Å². The molecule has 3 aromatic rings. The second-order valence-corrected chi connectivity index (χ2v) is 10.4. The molecule has 0 fully saturated rings. The number of amides is 1. The molecule has 1 aliphatic rings. The van der Waals surface area contributed by atoms with Crippen LogP contribution >= 0.6 is 34.7 Å². The van der Waals surface area contributed by atoms with Crippen LogP contribution in [0, 0.1) is 17.1 Å². The SMILES string of the molecule is CC(Oc1ccc(F)cc1Cl)c1nnc(SCC(=O)Nc2sc3c(c2C#N)CCCCC3)n1C. The van der Waals surface area contributed by atoms with Gasteiger partial charge in [-0.15, -0.1) is 21.5 Å². The van der Waals surface area contributed by atoms with E-state index in [2.05, 4.69) is 21.6 Å². The molecule has 1 aromatic carbocycles. The molecular weight excluding hydrogens is 497 g/mol. The fourth-order valence-electron chi connectivity index (χ4n) is 3.86. The molecule has 1 aliphatic carbocycles. The van der Waals surface area contributed by atoms with Gasteiger partial charge in [0.05, 0.1) is 16.3 Å². The predicted octanol–water partition coefficient (Wildman–Crippen LogP) is 5.68. The van der Waals surface area contributed by atoms with Crippen molar-refractivity contribution in [1.82, 2.24) is 14.8 Å². The second kappa shape index (κ2) is 10.8. The molecule has 0 radical (unpaired) electrons. The van der Waals surface area contributed by atoms with Crippen molar-refractivity contribution < 1.29 is 13.9 Å². The summed E-state index contributed by atoms with van der Waals surface area (Å²) in [6.07, 6.45) is 4.72. The quantitative estimate of drug-likeness (QED) is 0.319. The lowest BCUT2D eigenvalue weighted by Gasteiger charge is -2.15. The molecule has 0 saturated carbocycles. The number of benzene rings is 1. The van der Waals surface area contributed by atoms with Gasteiger partial charge in [0, 0.05) is 11.9 Å². The number of thiophene rings is 1. The lowest BCUT2D eigenvalue weighted by Crippen LogP contribution is -2.15. The van der Waals surface area contributed by atoms with Gasteiger partial charge in [-0.1, -0.05) is 29.8 Å². The molecule has 1 atom stereocenters. The Hall–Kier alpha value is -2.61. The lowest BCUT2D eigenvalue weighted by atomic mass is 10.1. The zero-order chi connectivity index (χ0) is 24.2. The molecule has 178 valence electrons. The third-order valence-corrected chi connectivity index (χ3v) is 8.07. The first-order valence-electron chi connectivity index (χ1n) is 10.9. The summed E-state index contributed by atoms with van der Waals surface area (Å²) in [5.74, 6) is 0.357. The van der Waals surface area contributed by atoms with Gasteiger partial charge in [0.2, 0.25) is 5.91 Å². The highest BCUT2D eigenvalue weighted by atomic mass is 35.5. The first-order chi connectivity index (χ1) is 16.4. The van der Waals surface area contributed by atoms with Gasteiger partial charge >= 0.3 is 0 Å². The normalized spacial score (nSPS) is 14.1. The number of fused-ring (bicyclic) bond motifs is 1. The van der Waals surface area contributed by atoms with E-state index in [-0.39, 0.29) is 16.7 Å². The molecule has 1 N–H and O–H groups in total. The van der Waals surface area contributed by atoms with Gasteiger partial charge in [0.1, 0.15) is 22.6 Å². The first kappa shape index (κ1) is 24.5. The summed E-state index contributed by atoms with van der Waals surface area (Å²) in [5, 5.41) is 22.3. The fourth-order valence-corrected chi connectivity index (χ4v) is 6.05. The highest BCUT2D eigenvalue weighted by molar-refractivity contribution is 7.99. The summed E-state index contributed by atoms with van der Waals surface area (Å²) >= 11 is 8.80. The van der Waals surface area contributed by atoms with Crippen molar-refractivity contribution in [2.45, 2.75) is 50.3 Å². The van der Waals surface area contributed by atoms with Gasteiger partial charge in [-0.25, -0.2) is 4.39 Å². The summed E-state index contributed by atoms with van der Waals surface area (Å²) in [6.45, 7) is 1.79. The number of nitriles is 1. The second-order valence-electron chi connectivity index (χ2n) is 7.95. The number of carbonyl (C=O) groups excluding carboxylic acids is 1. The average Bonchev–Trinajstić information content (AvgIpc) is 3.24. The van der Waals surface area contributed by atoms with Gasteiger partial charge in [0.25, 0.3) is 0 Å². The minimum atomic E-state index is -0.497. The Kier molecular flexibility index (Phi) is 7.76. The Labute approximate surface area is 210 Å². The van der Waals surface area contributed by atoms with E-state index in [0.29, 0.717) is 27.3 Å². The fraction of sp³-hybridized carbons (Fsp3) is 0.391. The van der Waals surface area contributed by atoms with Gasteiger partial charge in [-0.2, -0.15) is 5.26 Å². The summed E-state index contributed by atoms with van der Waals surface area (Å²) in [6, 6.07) is 6.20. The number of aryl methyl sites for hydroxylation is 1. The maximum absolute atomic E-state index is 13.3. The maximum atomic E-state index is 13.3. The van der Waals surface area contributed by atoms with Gasteiger partial charge < -0.3 is 14.6 Å². The van der Waals surface area contributed by atoms with E-state index < -0.39 is 11.9 Å². The number of anilines is 1. The van der Waals surface area contributed by atoms with Crippen LogP contribution in [0.25, 0.3) is 0 Å². The van der Waals surface area contributed by atoms with Crippen LogP contribution in [0.5, 0.6) is 5.75 Å². The van der Waals surface area contributed by atoms with E-state index in [1.807, 2.05) is 0 Å². The maximum Gasteiger partial charge on any atom is 0.235 e. The first-order valence-corrected chi connectivity index (χ1v) is 13.0. The Morgan fingerprint density at radius 2 is 2.18 bits per heavy atom. The Balaban J connectivity index is 1.38. The van der Waals surface area contributed by atoms with E-state index in [1.165, 1.54) is 52.6 Å². The van der Waals surface area contributed by atoms with E-state index in [9.17, 15) is 14.4 Å². The smallest absolute Gasteiger partial charge is 0.235 e. The molecule has 4 rings (SSSR count). The molecule has 2 aromatic heterocycles. The zero-order valence-corrected chi connectivity index (χ0v) is 21.1. The Morgan fingerprint density at radius 3 is 2.94 bits per heavy atom. The number of nitrogens with one attached hydrogen (secondary N) is 1. The van der Waals surface area contributed by atoms with Crippen LogP contribution in [0.4, 0.5) is 9.39 Å². The molecular formula is C23H23ClFN5O2S2. The zero-order valence-electron chi connectivity index (χ0n) is 18.7. The lowest BCUT2D eigenvalue weighted by molar-refractivity contribution is -0.113. The Bertz CT molecular complexity index is 1250. The van der Waals surface area contributed by atoms with E-state index in [1.54, 1.807) is 18.5 Å². The minimum absolute atomic E-state index is 0.123. The van der Waals surface area contributed by atoms with Crippen LogP contribution in [0.2, 0.25) is 5.02 Å². The number of aromatic nitrogens is 3. The van der Waals surface area contributed by atoms with Crippen molar-refractivity contribution in [1.29, 1.82) is 5.26 Å². The monoisotopic (exact) mass is 519 g/mol. The molecule has 11 heteroatoms. The molecule has 0 aliphatic heterocycles. The number of ether oxygens (including phenoxy) is 1. The van der Waals surface area contributed by atoms with Crippen LogP contribution in [0.3, 0.4) is 0 Å². The highest BCUT2D eigenvalue weighted by Gasteiger charge is 2.22. The predicted molar refractivity (Wildman–Crippen MR) is 131 cm³/mol. The van der Waals surface area contributed by atoms with Crippen molar-refractivity contribution in [2.24, 2.45) is 7.05 Å². The van der Waals surface area contributed by atoms with Crippen LogP contribution in [-0.2, 0) is 24.7 Å². The molecule has 0 saturated heterocycles. The van der Waals surface area contributed by atoms with Crippen LogP contribution in [-0.4, -0.2) is 26.4 Å². The van der Waals surface area contributed by atoms with Crippen molar-refractivity contribution in [2.75, 3.05) is 11.1 Å². The van der Waals surface area contributed by atoms with Crippen molar-refractivity contribution in [3.05, 3.63) is 50.9 Å². The molecule has 2 heterocycles. The van der Waals surface area contributed by atoms with Crippen LogP contribution in [0.1, 0.15) is 54.1 Å². The van der Waals surface area contributed by atoms with Crippen molar-refractivity contribution in [3.63, 3.8) is 0 Å². The van der Waals surface area contributed by atoms with E-state index >= 15 is 0 Å². The molecule has 0 spiro atoms. The highest BCUT2D eigenvalue weighted by Crippen LogP contribution is 2.37. The number of rotatable bonds is 7. The standard InChI is InChI=1S/C23H23ClFN5O2S2/c1-13(32-18-9-8-14(25)10-17(18)24)21-28-29-23(30(21)2)33-12-20(31)27-22-16(11-26)15-6-4-3-5-7-19(15)34-22/h8-10,13H,3-7,12H2,1-2H3,(H,27,31). The topological polar surface area (TPSA) is 92.8 Å². The third kappa shape index (κ3) is 5.37. The summed E-state index contributed by atoms with van der Waals surface area (Å²) in [7, 11) is 1.78. The van der Waals surface area contributed by atoms with Crippen LogP contribution in [0.15, 0.2) is 23.4 Å². The Morgan fingerprint density at radius 1 is 1.38 bits per heavy atom. The van der Waals surface area contributed by atoms with E-state index in [4.69, 9.17) is 16.3 Å². The summed E-state index contributed by atoms with van der Waals surface area (Å²) < 4.78 is 20.8. The molecule has 1 amide bonds. The summed E-state index contributed by atoms with van der Waals surface area (Å²) in [4.78, 5) is 13.8. The van der Waals surface area contributed by atoms with Gasteiger partial charge in [-0.3, -0.25) is 4.79 Å². The summed E-state index contributed by atoms with van der Waals surface area (Å²) in [5.41, 5.74) is 1.70. The number of nitrogens with zero attached hydrogens (tertiary/aromatic N) is 4. The molecule has 1 unspecified atom stereocenters. The number of hydrogen-bond donors (Lipinski definition) is 1. The largest absolute Gasteiger partial charge is 0.481 e. The van der Waals surface area contributed by atoms with Gasteiger partial charge in [0.15, 0.2) is 17.1 Å². The molecule has 7 nitrogen and oxygen atoms in total. The number of hydrogen-bond acceptors (Lipinski definition) is 7. The van der Waals surface area contributed by atoms with E-state index in [0.717, 1.165) is 31.2 Å². The van der Waals surface area contributed by atoms with Crippen LogP contribution < -0.4 is 10.1 Å². The molecule has 0 bridgehead atoms. The number of carbonyl (C=O) groups is 1. The van der Waals surface area contributed by atoms with Crippen molar-refractivity contribution in [3.8, 4) is 11.8 Å². The number of halogens is 2. The average molecular weight is 520 g/mol. The van der Waals surface area contributed by atoms with Crippen molar-refractivity contribution >= 4 is 45.6 Å². The molecule has 34 heavy (non-hydrogen) atoms. The number of thioether (sulfide) groups is 1. The third-order valence-electron chi connectivity index (χ3n) is 5.55.